The minimum Gasteiger partial charge on any atom is -0.466 e. The van der Waals surface area contributed by atoms with Crippen LogP contribution in [0.15, 0.2) is 0 Å². The molecule has 0 heterocycles. The quantitative estimate of drug-likeness (QED) is 0.784. The molecule has 0 aliphatic heterocycles. The predicted molar refractivity (Wildman–Crippen MR) is 81.5 cm³/mol. The highest BCUT2D eigenvalue weighted by molar-refractivity contribution is 5.72. The maximum atomic E-state index is 11.7. The first-order chi connectivity index (χ1) is 9.69. The van der Waals surface area contributed by atoms with E-state index >= 15 is 0 Å². The molecule has 3 heteroatoms. The summed E-state index contributed by atoms with van der Waals surface area (Å²) in [5, 5.41) is 3.75. The van der Waals surface area contributed by atoms with E-state index in [1.165, 1.54) is 32.2 Å². The third-order valence-corrected chi connectivity index (χ3v) is 5.18. The van der Waals surface area contributed by atoms with Gasteiger partial charge in [-0.05, 0) is 63.8 Å². The van der Waals surface area contributed by atoms with Crippen molar-refractivity contribution < 1.29 is 9.53 Å². The Balaban J connectivity index is 1.61. The zero-order valence-electron chi connectivity index (χ0n) is 13.2. The van der Waals surface area contributed by atoms with Crippen LogP contribution in [0.25, 0.3) is 0 Å². The fourth-order valence-corrected chi connectivity index (χ4v) is 3.66. The summed E-state index contributed by atoms with van der Waals surface area (Å²) in [6.07, 6.45) is 9.86. The Morgan fingerprint density at radius 3 is 2.30 bits per heavy atom. The van der Waals surface area contributed by atoms with Crippen molar-refractivity contribution in [2.24, 2.45) is 17.8 Å². The normalized spacial score (nSPS) is 34.7. The van der Waals surface area contributed by atoms with Crippen LogP contribution in [0, 0.1) is 17.8 Å². The molecular weight excluding hydrogens is 250 g/mol. The maximum absolute atomic E-state index is 11.7. The first-order valence-electron chi connectivity index (χ1n) is 8.59. The Hall–Kier alpha value is -0.570. The smallest absolute Gasteiger partial charge is 0.308 e. The number of hydrogen-bond acceptors (Lipinski definition) is 3. The molecule has 0 radical (unpaired) electrons. The molecule has 2 rings (SSSR count). The summed E-state index contributed by atoms with van der Waals surface area (Å²) in [6, 6.07) is 0.625. The van der Waals surface area contributed by atoms with E-state index in [-0.39, 0.29) is 11.9 Å². The first kappa shape index (κ1) is 15.8. The third kappa shape index (κ3) is 4.76. The van der Waals surface area contributed by atoms with E-state index in [1.807, 2.05) is 6.92 Å². The van der Waals surface area contributed by atoms with Gasteiger partial charge in [0.15, 0.2) is 0 Å². The summed E-state index contributed by atoms with van der Waals surface area (Å²) in [4.78, 5) is 11.7. The van der Waals surface area contributed by atoms with Gasteiger partial charge in [-0.25, -0.2) is 0 Å². The minimum atomic E-state index is 0.0206. The topological polar surface area (TPSA) is 38.3 Å². The molecule has 1 N–H and O–H groups in total. The molecule has 0 atom stereocenters. The van der Waals surface area contributed by atoms with Crippen LogP contribution in [0.3, 0.4) is 0 Å². The zero-order valence-corrected chi connectivity index (χ0v) is 13.2. The van der Waals surface area contributed by atoms with Crippen LogP contribution in [0.5, 0.6) is 0 Å². The van der Waals surface area contributed by atoms with Crippen LogP contribution >= 0.6 is 0 Å². The molecule has 3 nitrogen and oxygen atoms in total. The van der Waals surface area contributed by atoms with Crippen LogP contribution in [-0.2, 0) is 9.53 Å². The molecule has 2 aliphatic rings. The van der Waals surface area contributed by atoms with Crippen molar-refractivity contribution in [2.75, 3.05) is 13.2 Å². The van der Waals surface area contributed by atoms with Crippen LogP contribution in [0.2, 0.25) is 0 Å². The molecule has 116 valence electrons. The van der Waals surface area contributed by atoms with E-state index in [9.17, 15) is 4.79 Å². The monoisotopic (exact) mass is 281 g/mol. The molecule has 0 amide bonds. The van der Waals surface area contributed by atoms with Crippen molar-refractivity contribution in [1.82, 2.24) is 5.32 Å². The van der Waals surface area contributed by atoms with Gasteiger partial charge in [0.1, 0.15) is 0 Å². The fraction of sp³-hybridized carbons (Fsp3) is 0.941. The summed E-state index contributed by atoms with van der Waals surface area (Å²) in [5.74, 6) is 2.00. The van der Waals surface area contributed by atoms with Gasteiger partial charge in [-0.3, -0.25) is 4.79 Å². The van der Waals surface area contributed by atoms with Crippen LogP contribution in [-0.4, -0.2) is 25.2 Å². The van der Waals surface area contributed by atoms with Gasteiger partial charge in [0.05, 0.1) is 12.5 Å². The third-order valence-electron chi connectivity index (χ3n) is 5.18. The van der Waals surface area contributed by atoms with Crippen LogP contribution in [0.4, 0.5) is 0 Å². The Morgan fingerprint density at radius 1 is 1.05 bits per heavy atom. The van der Waals surface area contributed by atoms with Gasteiger partial charge in [-0.15, -0.1) is 0 Å². The van der Waals surface area contributed by atoms with Crippen LogP contribution in [0.1, 0.15) is 65.2 Å². The van der Waals surface area contributed by atoms with E-state index in [0.29, 0.717) is 12.6 Å². The molecule has 20 heavy (non-hydrogen) atoms. The lowest BCUT2D eigenvalue weighted by atomic mass is 9.82. The van der Waals surface area contributed by atoms with Gasteiger partial charge >= 0.3 is 5.97 Å². The predicted octanol–water partition coefficient (Wildman–Crippen LogP) is 3.52. The van der Waals surface area contributed by atoms with Gasteiger partial charge in [-0.1, -0.05) is 19.8 Å². The van der Waals surface area contributed by atoms with Crippen molar-refractivity contribution in [3.05, 3.63) is 0 Å². The Kier molecular flexibility index (Phi) is 6.34. The van der Waals surface area contributed by atoms with Gasteiger partial charge in [0.2, 0.25) is 0 Å². The maximum Gasteiger partial charge on any atom is 0.308 e. The van der Waals surface area contributed by atoms with Crippen molar-refractivity contribution in [3.8, 4) is 0 Å². The summed E-state index contributed by atoms with van der Waals surface area (Å²) >= 11 is 0. The second-order valence-corrected chi connectivity index (χ2v) is 6.83. The minimum absolute atomic E-state index is 0.0206. The second-order valence-electron chi connectivity index (χ2n) is 6.83. The highest BCUT2D eigenvalue weighted by Gasteiger charge is 2.27. The number of hydrogen-bond donors (Lipinski definition) is 1. The lowest BCUT2D eigenvalue weighted by molar-refractivity contribution is -0.149. The average Bonchev–Trinajstić information content (AvgIpc) is 2.47. The Labute approximate surface area is 123 Å². The summed E-state index contributed by atoms with van der Waals surface area (Å²) < 4.78 is 5.12. The molecule has 0 aromatic carbocycles. The van der Waals surface area contributed by atoms with Crippen molar-refractivity contribution in [2.45, 2.75) is 71.3 Å². The molecular formula is C17H31NO2. The molecule has 0 aromatic rings. The summed E-state index contributed by atoms with van der Waals surface area (Å²) in [7, 11) is 0. The zero-order chi connectivity index (χ0) is 14.4. The molecule has 0 aromatic heterocycles. The SMILES string of the molecule is CCOC(=O)C1CCC(NCC2CCC(C)CC2)CC1. The van der Waals surface area contributed by atoms with E-state index < -0.39 is 0 Å². The van der Waals surface area contributed by atoms with Gasteiger partial charge < -0.3 is 10.1 Å². The molecule has 2 aliphatic carbocycles. The van der Waals surface area contributed by atoms with Gasteiger partial charge in [-0.2, -0.15) is 0 Å². The fourth-order valence-electron chi connectivity index (χ4n) is 3.66. The van der Waals surface area contributed by atoms with Crippen LogP contribution < -0.4 is 5.32 Å². The van der Waals surface area contributed by atoms with E-state index in [2.05, 4.69) is 12.2 Å². The molecule has 0 bridgehead atoms. The van der Waals surface area contributed by atoms with Crippen molar-refractivity contribution >= 4 is 5.97 Å². The second kappa shape index (κ2) is 8.02. The molecule has 0 spiro atoms. The summed E-state index contributed by atoms with van der Waals surface area (Å²) in [5.41, 5.74) is 0. The van der Waals surface area contributed by atoms with Gasteiger partial charge in [0.25, 0.3) is 0 Å². The number of esters is 1. The lowest BCUT2D eigenvalue weighted by Crippen LogP contribution is -2.38. The van der Waals surface area contributed by atoms with Crippen molar-refractivity contribution in [3.63, 3.8) is 0 Å². The number of nitrogens with one attached hydrogen (secondary N) is 1. The Morgan fingerprint density at radius 2 is 1.70 bits per heavy atom. The average molecular weight is 281 g/mol. The number of rotatable bonds is 5. The lowest BCUT2D eigenvalue weighted by Gasteiger charge is -2.31. The first-order valence-corrected chi connectivity index (χ1v) is 8.59. The van der Waals surface area contributed by atoms with E-state index in [4.69, 9.17) is 4.74 Å². The number of carbonyl (C=O) groups excluding carboxylic acids is 1. The van der Waals surface area contributed by atoms with Crippen molar-refractivity contribution in [1.29, 1.82) is 0 Å². The number of ether oxygens (including phenoxy) is 1. The largest absolute Gasteiger partial charge is 0.466 e. The number of carbonyl (C=O) groups is 1. The highest BCUT2D eigenvalue weighted by atomic mass is 16.5. The Bertz CT molecular complexity index is 289. The standard InChI is InChI=1S/C17H31NO2/c1-3-20-17(19)15-8-10-16(11-9-15)18-12-14-6-4-13(2)5-7-14/h13-16,18H,3-12H2,1-2H3. The van der Waals surface area contributed by atoms with E-state index in [1.54, 1.807) is 0 Å². The molecule has 0 saturated heterocycles. The highest BCUT2D eigenvalue weighted by Crippen LogP contribution is 2.29. The summed E-state index contributed by atoms with van der Waals surface area (Å²) in [6.45, 7) is 5.95. The van der Waals surface area contributed by atoms with E-state index in [0.717, 1.165) is 37.5 Å². The molecule has 0 unspecified atom stereocenters. The molecule has 2 fully saturated rings. The van der Waals surface area contributed by atoms with Gasteiger partial charge in [0, 0.05) is 6.04 Å². The molecule has 2 saturated carbocycles.